The van der Waals surface area contributed by atoms with Gasteiger partial charge in [-0.2, -0.15) is 10.2 Å². The van der Waals surface area contributed by atoms with Crippen molar-refractivity contribution < 1.29 is 14.7 Å². The Morgan fingerprint density at radius 2 is 2.00 bits per heavy atom. The van der Waals surface area contributed by atoms with Crippen molar-refractivity contribution >= 4 is 17.6 Å². The number of hydrogen-bond acceptors (Lipinski definition) is 4. The number of carbonyl (C=O) groups excluding carboxylic acids is 1. The molecule has 2 aromatic heterocycles. The molecule has 8 heteroatoms. The van der Waals surface area contributed by atoms with Crippen LogP contribution in [-0.4, -0.2) is 36.5 Å². The maximum Gasteiger partial charge on any atom is 0.331 e. The quantitative estimate of drug-likeness (QED) is 0.791. The second kappa shape index (κ2) is 6.59. The van der Waals surface area contributed by atoms with Gasteiger partial charge in [-0.3, -0.25) is 14.2 Å². The van der Waals surface area contributed by atoms with E-state index in [1.165, 1.54) is 17.1 Å². The van der Waals surface area contributed by atoms with Gasteiger partial charge >= 0.3 is 5.97 Å². The molecule has 2 N–H and O–H groups in total. The number of nitrogens with one attached hydrogen (secondary N) is 1. The summed E-state index contributed by atoms with van der Waals surface area (Å²) in [5.74, 6) is -0.399. The summed E-state index contributed by atoms with van der Waals surface area (Å²) < 4.78 is 3.27. The van der Waals surface area contributed by atoms with Crippen LogP contribution in [0.4, 0.5) is 5.69 Å². The molecular weight excluding hydrogens is 334 g/mol. The van der Waals surface area contributed by atoms with E-state index in [1.54, 1.807) is 20.0 Å². The van der Waals surface area contributed by atoms with Gasteiger partial charge in [0.25, 0.3) is 5.91 Å². The largest absolute Gasteiger partial charge is 0.479 e. The highest BCUT2D eigenvalue weighted by Gasteiger charge is 2.33. The van der Waals surface area contributed by atoms with E-state index in [-0.39, 0.29) is 5.91 Å². The predicted molar refractivity (Wildman–Crippen MR) is 96.2 cm³/mol. The Morgan fingerprint density at radius 1 is 1.31 bits per heavy atom. The van der Waals surface area contributed by atoms with Crippen molar-refractivity contribution in [1.29, 1.82) is 0 Å². The predicted octanol–water partition coefficient (Wildman–Crippen LogP) is 2.69. The van der Waals surface area contributed by atoms with Crippen LogP contribution >= 0.6 is 0 Å². The molecule has 1 aliphatic rings. The smallest absolute Gasteiger partial charge is 0.331 e. The van der Waals surface area contributed by atoms with Crippen molar-refractivity contribution in [3.8, 4) is 0 Å². The van der Waals surface area contributed by atoms with Gasteiger partial charge in [0.2, 0.25) is 0 Å². The first-order chi connectivity index (χ1) is 12.2. The van der Waals surface area contributed by atoms with Gasteiger partial charge < -0.3 is 10.4 Å². The Bertz CT molecular complexity index is 830. The number of amides is 1. The lowest BCUT2D eigenvalue weighted by Gasteiger charge is -2.19. The third-order valence-corrected chi connectivity index (χ3v) is 4.56. The number of carboxylic acid groups (broad SMARTS) is 1. The zero-order valence-corrected chi connectivity index (χ0v) is 15.6. The molecule has 2 aromatic rings. The summed E-state index contributed by atoms with van der Waals surface area (Å²) >= 11 is 0. The third kappa shape index (κ3) is 3.49. The Balaban J connectivity index is 1.80. The second-order valence-electron chi connectivity index (χ2n) is 7.79. The molecule has 0 saturated heterocycles. The van der Waals surface area contributed by atoms with Crippen LogP contribution in [0.1, 0.15) is 62.5 Å². The van der Waals surface area contributed by atoms with Crippen LogP contribution in [0.15, 0.2) is 18.6 Å². The first-order valence-corrected chi connectivity index (χ1v) is 8.85. The summed E-state index contributed by atoms with van der Waals surface area (Å²) in [5.41, 5.74) is 0.847. The van der Waals surface area contributed by atoms with E-state index in [4.69, 9.17) is 0 Å². The van der Waals surface area contributed by atoms with Gasteiger partial charge in [-0.05, 0) is 32.6 Å². The maximum atomic E-state index is 12.7. The molecule has 1 fully saturated rings. The molecule has 1 amide bonds. The van der Waals surface area contributed by atoms with Gasteiger partial charge in [-0.15, -0.1) is 0 Å². The molecule has 1 aliphatic carbocycles. The van der Waals surface area contributed by atoms with E-state index in [0.717, 1.165) is 25.1 Å². The van der Waals surface area contributed by atoms with Crippen LogP contribution in [-0.2, 0) is 16.9 Å². The van der Waals surface area contributed by atoms with Gasteiger partial charge in [0.1, 0.15) is 0 Å². The molecule has 0 atom stereocenters. The summed E-state index contributed by atoms with van der Waals surface area (Å²) in [7, 11) is 0. The van der Waals surface area contributed by atoms with Crippen molar-refractivity contribution in [2.75, 3.05) is 5.32 Å². The number of carbonyl (C=O) groups is 2. The summed E-state index contributed by atoms with van der Waals surface area (Å²) in [6, 6.07) is 0. The number of anilines is 1. The van der Waals surface area contributed by atoms with Crippen LogP contribution in [0.3, 0.4) is 0 Å². The molecule has 26 heavy (non-hydrogen) atoms. The molecule has 0 aromatic carbocycles. The minimum absolute atomic E-state index is 0.241. The first kappa shape index (κ1) is 18.2. The lowest BCUT2D eigenvalue weighted by atomic mass is 10.1. The molecule has 0 radical (unpaired) electrons. The topological polar surface area (TPSA) is 102 Å². The van der Waals surface area contributed by atoms with Gasteiger partial charge in [-0.1, -0.05) is 13.8 Å². The number of aromatic nitrogens is 4. The van der Waals surface area contributed by atoms with E-state index >= 15 is 0 Å². The minimum atomic E-state index is -1.19. The molecule has 0 unspecified atom stereocenters. The lowest BCUT2D eigenvalue weighted by Crippen LogP contribution is -2.35. The molecule has 0 aliphatic heterocycles. The Labute approximate surface area is 152 Å². The highest BCUT2D eigenvalue weighted by Crippen LogP contribution is 2.42. The minimum Gasteiger partial charge on any atom is -0.479 e. The Kier molecular flexibility index (Phi) is 4.60. The fourth-order valence-corrected chi connectivity index (χ4v) is 2.84. The Morgan fingerprint density at radius 3 is 2.58 bits per heavy atom. The number of aliphatic carboxylic acids is 1. The van der Waals surface area contributed by atoms with Crippen LogP contribution in [0.25, 0.3) is 0 Å². The summed E-state index contributed by atoms with van der Waals surface area (Å²) in [4.78, 5) is 24.1. The number of carboxylic acids is 1. The standard InChI is InChI=1S/C18H25N5O3/c1-11(2)9-22-15(12-5-6-12)14(8-19-22)16(24)21-13-7-20-23(10-13)18(3,4)17(25)26/h7-8,10-12H,5-6,9H2,1-4H3,(H,21,24)(H,25,26). The molecule has 0 spiro atoms. The van der Waals surface area contributed by atoms with E-state index in [9.17, 15) is 14.7 Å². The zero-order valence-electron chi connectivity index (χ0n) is 15.6. The molecule has 2 heterocycles. The number of hydrogen-bond donors (Lipinski definition) is 2. The van der Waals surface area contributed by atoms with Crippen LogP contribution in [0.2, 0.25) is 0 Å². The van der Waals surface area contributed by atoms with Crippen molar-refractivity contribution in [2.24, 2.45) is 5.92 Å². The van der Waals surface area contributed by atoms with Gasteiger partial charge in [0.05, 0.1) is 29.3 Å². The van der Waals surface area contributed by atoms with Crippen molar-refractivity contribution in [3.63, 3.8) is 0 Å². The van der Waals surface area contributed by atoms with E-state index < -0.39 is 11.5 Å². The normalized spacial score (nSPS) is 14.7. The first-order valence-electron chi connectivity index (χ1n) is 8.85. The van der Waals surface area contributed by atoms with Gasteiger partial charge in [0.15, 0.2) is 5.54 Å². The molecular formula is C18H25N5O3. The average Bonchev–Trinajstić information content (AvgIpc) is 3.12. The fraction of sp³-hybridized carbons (Fsp3) is 0.556. The molecule has 8 nitrogen and oxygen atoms in total. The SMILES string of the molecule is CC(C)Cn1ncc(C(=O)Nc2cnn(C(C)(C)C(=O)O)c2)c1C1CC1. The van der Waals surface area contributed by atoms with Crippen molar-refractivity contribution in [1.82, 2.24) is 19.6 Å². The van der Waals surface area contributed by atoms with Crippen molar-refractivity contribution in [3.05, 3.63) is 29.8 Å². The zero-order chi connectivity index (χ0) is 19.1. The summed E-state index contributed by atoms with van der Waals surface area (Å²) in [6.45, 7) is 8.13. The van der Waals surface area contributed by atoms with Crippen LogP contribution in [0, 0.1) is 5.92 Å². The lowest BCUT2D eigenvalue weighted by molar-refractivity contribution is -0.146. The highest BCUT2D eigenvalue weighted by atomic mass is 16.4. The van der Waals surface area contributed by atoms with Crippen LogP contribution in [0.5, 0.6) is 0 Å². The second-order valence-corrected chi connectivity index (χ2v) is 7.79. The molecule has 1 saturated carbocycles. The summed E-state index contributed by atoms with van der Waals surface area (Å²) in [6.07, 6.45) is 6.76. The highest BCUT2D eigenvalue weighted by molar-refractivity contribution is 6.05. The molecule has 0 bridgehead atoms. The van der Waals surface area contributed by atoms with Crippen molar-refractivity contribution in [2.45, 2.75) is 58.5 Å². The van der Waals surface area contributed by atoms with E-state index in [1.807, 2.05) is 4.68 Å². The summed E-state index contributed by atoms with van der Waals surface area (Å²) in [5, 5.41) is 20.6. The van der Waals surface area contributed by atoms with Gasteiger partial charge in [0, 0.05) is 18.7 Å². The van der Waals surface area contributed by atoms with E-state index in [0.29, 0.717) is 23.1 Å². The fourth-order valence-electron chi connectivity index (χ4n) is 2.84. The third-order valence-electron chi connectivity index (χ3n) is 4.56. The molecule has 3 rings (SSSR count). The van der Waals surface area contributed by atoms with Crippen LogP contribution < -0.4 is 5.32 Å². The monoisotopic (exact) mass is 359 g/mol. The molecule has 140 valence electrons. The number of nitrogens with zero attached hydrogens (tertiary/aromatic N) is 4. The van der Waals surface area contributed by atoms with E-state index in [2.05, 4.69) is 29.4 Å². The average molecular weight is 359 g/mol. The van der Waals surface area contributed by atoms with Gasteiger partial charge in [-0.25, -0.2) is 4.79 Å². The Hall–Kier alpha value is -2.64. The maximum absolute atomic E-state index is 12.7. The number of rotatable bonds is 7.